The predicted molar refractivity (Wildman–Crippen MR) is 55.0 cm³/mol. The number of hydrogen-bond acceptors (Lipinski definition) is 5. The molecule has 0 amide bonds. The highest BCUT2D eigenvalue weighted by molar-refractivity contribution is 5.80. The third kappa shape index (κ3) is 4.16. The van der Waals surface area contributed by atoms with E-state index in [1.165, 1.54) is 4.80 Å². The van der Waals surface area contributed by atoms with Crippen molar-refractivity contribution in [3.63, 3.8) is 0 Å². The third-order valence-corrected chi connectivity index (χ3v) is 2.05. The van der Waals surface area contributed by atoms with Crippen molar-refractivity contribution in [3.05, 3.63) is 5.82 Å². The number of Topliss-reactive ketones (excluding diaryl/α,β-unsaturated/α-hetero) is 1. The van der Waals surface area contributed by atoms with Crippen molar-refractivity contribution in [1.82, 2.24) is 20.2 Å². The van der Waals surface area contributed by atoms with E-state index in [2.05, 4.69) is 22.3 Å². The lowest BCUT2D eigenvalue weighted by molar-refractivity contribution is -0.118. The number of ketones is 1. The van der Waals surface area contributed by atoms with E-state index >= 15 is 0 Å². The van der Waals surface area contributed by atoms with E-state index in [4.69, 9.17) is 5.73 Å². The predicted octanol–water partition coefficient (Wildman–Crippen LogP) is -0.161. The SMILES string of the molecule is CCCC(N)CC(=O)Cc1nnn(C)n1. The van der Waals surface area contributed by atoms with Crippen molar-refractivity contribution < 1.29 is 4.79 Å². The van der Waals surface area contributed by atoms with Crippen molar-refractivity contribution >= 4 is 5.78 Å². The van der Waals surface area contributed by atoms with Gasteiger partial charge in [0.15, 0.2) is 5.82 Å². The second-order valence-electron chi connectivity index (χ2n) is 3.66. The average Bonchev–Trinajstić information content (AvgIpc) is 2.51. The van der Waals surface area contributed by atoms with Crippen LogP contribution in [0.5, 0.6) is 0 Å². The van der Waals surface area contributed by atoms with E-state index in [0.29, 0.717) is 12.2 Å². The minimum atomic E-state index is -0.0424. The minimum Gasteiger partial charge on any atom is -0.327 e. The van der Waals surface area contributed by atoms with Crippen LogP contribution < -0.4 is 5.73 Å². The largest absolute Gasteiger partial charge is 0.327 e. The van der Waals surface area contributed by atoms with Gasteiger partial charge >= 0.3 is 0 Å². The molecule has 6 nitrogen and oxygen atoms in total. The fourth-order valence-corrected chi connectivity index (χ4v) is 1.41. The highest BCUT2D eigenvalue weighted by atomic mass is 16.1. The summed E-state index contributed by atoms with van der Waals surface area (Å²) in [4.78, 5) is 12.9. The van der Waals surface area contributed by atoms with Crippen LogP contribution in [0.2, 0.25) is 0 Å². The van der Waals surface area contributed by atoms with E-state index in [1.807, 2.05) is 0 Å². The lowest BCUT2D eigenvalue weighted by atomic mass is 10.0. The number of carbonyl (C=O) groups is 1. The Morgan fingerprint density at radius 3 is 2.87 bits per heavy atom. The van der Waals surface area contributed by atoms with Gasteiger partial charge in [-0.05, 0) is 11.6 Å². The van der Waals surface area contributed by atoms with Gasteiger partial charge in [-0.3, -0.25) is 4.79 Å². The lowest BCUT2D eigenvalue weighted by Gasteiger charge is -2.07. The van der Waals surface area contributed by atoms with Gasteiger partial charge in [0.25, 0.3) is 0 Å². The van der Waals surface area contributed by atoms with Gasteiger partial charge in [-0.2, -0.15) is 4.80 Å². The van der Waals surface area contributed by atoms with Gasteiger partial charge in [0.05, 0.1) is 13.5 Å². The summed E-state index contributed by atoms with van der Waals surface area (Å²) in [6.45, 7) is 2.05. The monoisotopic (exact) mass is 211 g/mol. The van der Waals surface area contributed by atoms with Gasteiger partial charge < -0.3 is 5.73 Å². The summed E-state index contributed by atoms with van der Waals surface area (Å²) in [6.07, 6.45) is 2.49. The Balaban J connectivity index is 2.36. The smallest absolute Gasteiger partial charge is 0.182 e. The number of hydrogen-bond donors (Lipinski definition) is 1. The van der Waals surface area contributed by atoms with Gasteiger partial charge in [-0.25, -0.2) is 0 Å². The number of rotatable bonds is 6. The fourth-order valence-electron chi connectivity index (χ4n) is 1.41. The molecule has 0 saturated heterocycles. The standard InChI is InChI=1S/C9H17N5O/c1-3-4-7(10)5-8(15)6-9-11-13-14(2)12-9/h7H,3-6,10H2,1-2H3. The first kappa shape index (κ1) is 11.8. The quantitative estimate of drug-likeness (QED) is 0.706. The van der Waals surface area contributed by atoms with Crippen molar-refractivity contribution in [3.8, 4) is 0 Å². The van der Waals surface area contributed by atoms with Crippen LogP contribution in [0.3, 0.4) is 0 Å². The number of nitrogens with two attached hydrogens (primary N) is 1. The van der Waals surface area contributed by atoms with Crippen molar-refractivity contribution in [2.45, 2.75) is 38.6 Å². The summed E-state index contributed by atoms with van der Waals surface area (Å²) in [5, 5.41) is 11.3. The van der Waals surface area contributed by atoms with Crippen LogP contribution in [0.4, 0.5) is 0 Å². The van der Waals surface area contributed by atoms with Gasteiger partial charge in [0.2, 0.25) is 0 Å². The van der Waals surface area contributed by atoms with Crippen LogP contribution >= 0.6 is 0 Å². The maximum atomic E-state index is 11.5. The molecule has 0 radical (unpaired) electrons. The van der Waals surface area contributed by atoms with Crippen LogP contribution in [-0.2, 0) is 18.3 Å². The summed E-state index contributed by atoms with van der Waals surface area (Å²) in [5.74, 6) is 0.537. The molecule has 0 fully saturated rings. The molecule has 1 heterocycles. The number of nitrogens with zero attached hydrogens (tertiary/aromatic N) is 4. The zero-order valence-corrected chi connectivity index (χ0v) is 9.18. The molecule has 0 aliphatic rings. The summed E-state index contributed by atoms with van der Waals surface area (Å²) in [6, 6.07) is -0.0424. The molecule has 1 aromatic rings. The molecule has 15 heavy (non-hydrogen) atoms. The maximum Gasteiger partial charge on any atom is 0.182 e. The molecule has 2 N–H and O–H groups in total. The maximum absolute atomic E-state index is 11.5. The Bertz CT molecular complexity index is 322. The first-order chi connectivity index (χ1) is 7.11. The van der Waals surface area contributed by atoms with Crippen LogP contribution in [-0.4, -0.2) is 32.0 Å². The molecule has 84 valence electrons. The van der Waals surface area contributed by atoms with Crippen molar-refractivity contribution in [2.75, 3.05) is 0 Å². The molecule has 0 aliphatic heterocycles. The van der Waals surface area contributed by atoms with Gasteiger partial charge in [0, 0.05) is 12.5 Å². The second-order valence-corrected chi connectivity index (χ2v) is 3.66. The first-order valence-electron chi connectivity index (χ1n) is 5.12. The molecule has 1 unspecified atom stereocenters. The van der Waals surface area contributed by atoms with E-state index in [1.54, 1.807) is 7.05 Å². The zero-order valence-electron chi connectivity index (χ0n) is 9.18. The Kier molecular flexibility index (Phi) is 4.36. The van der Waals surface area contributed by atoms with E-state index < -0.39 is 0 Å². The van der Waals surface area contributed by atoms with E-state index in [9.17, 15) is 4.79 Å². The normalized spacial score (nSPS) is 12.7. The molecule has 0 spiro atoms. The minimum absolute atomic E-state index is 0.0424. The highest BCUT2D eigenvalue weighted by Crippen LogP contribution is 2.01. The second kappa shape index (κ2) is 5.55. The van der Waals surface area contributed by atoms with Gasteiger partial charge in [-0.1, -0.05) is 13.3 Å². The van der Waals surface area contributed by atoms with Crippen LogP contribution in [0.25, 0.3) is 0 Å². The van der Waals surface area contributed by atoms with Gasteiger partial charge in [0.1, 0.15) is 5.78 Å². The summed E-state index contributed by atoms with van der Waals surface area (Å²) in [5.41, 5.74) is 5.76. The van der Waals surface area contributed by atoms with Crippen LogP contribution in [0.1, 0.15) is 32.0 Å². The fraction of sp³-hybridized carbons (Fsp3) is 0.778. The van der Waals surface area contributed by atoms with Crippen molar-refractivity contribution in [1.29, 1.82) is 0 Å². The van der Waals surface area contributed by atoms with Crippen molar-refractivity contribution in [2.24, 2.45) is 12.8 Å². The molecule has 1 atom stereocenters. The first-order valence-corrected chi connectivity index (χ1v) is 5.12. The molecule has 1 aromatic heterocycles. The Morgan fingerprint density at radius 2 is 2.33 bits per heavy atom. The molecular formula is C9H17N5O. The Labute approximate surface area is 88.8 Å². The Hall–Kier alpha value is -1.30. The number of carbonyl (C=O) groups excluding carboxylic acids is 1. The molecule has 6 heteroatoms. The lowest BCUT2D eigenvalue weighted by Crippen LogP contribution is -2.24. The van der Waals surface area contributed by atoms with E-state index in [-0.39, 0.29) is 18.2 Å². The molecular weight excluding hydrogens is 194 g/mol. The molecule has 0 saturated carbocycles. The molecule has 0 bridgehead atoms. The van der Waals surface area contributed by atoms with Crippen LogP contribution in [0, 0.1) is 0 Å². The number of tetrazole rings is 1. The summed E-state index contributed by atoms with van der Waals surface area (Å²) < 4.78 is 0. The summed E-state index contributed by atoms with van der Waals surface area (Å²) in [7, 11) is 1.67. The number of aryl methyl sites for hydroxylation is 1. The van der Waals surface area contributed by atoms with E-state index in [0.717, 1.165) is 12.8 Å². The third-order valence-electron chi connectivity index (χ3n) is 2.05. The topological polar surface area (TPSA) is 86.7 Å². The average molecular weight is 211 g/mol. The molecule has 0 aromatic carbocycles. The highest BCUT2D eigenvalue weighted by Gasteiger charge is 2.12. The zero-order chi connectivity index (χ0) is 11.3. The van der Waals surface area contributed by atoms with Gasteiger partial charge in [-0.15, -0.1) is 10.2 Å². The Morgan fingerprint density at radius 1 is 1.60 bits per heavy atom. The number of aromatic nitrogens is 4. The molecule has 0 aliphatic carbocycles. The molecule has 1 rings (SSSR count). The van der Waals surface area contributed by atoms with Crippen LogP contribution in [0.15, 0.2) is 0 Å². The summed E-state index contributed by atoms with van der Waals surface area (Å²) >= 11 is 0.